The van der Waals surface area contributed by atoms with Crippen molar-refractivity contribution in [2.75, 3.05) is 20.2 Å². The molecule has 1 aromatic carbocycles. The fraction of sp³-hybridized carbons (Fsp3) is 0.640. The van der Waals surface area contributed by atoms with Crippen LogP contribution in [-0.4, -0.2) is 37.2 Å². The second-order valence-electron chi connectivity index (χ2n) is 8.98. The fourth-order valence-electron chi connectivity index (χ4n) is 3.01. The van der Waals surface area contributed by atoms with Crippen LogP contribution in [-0.2, 0) is 15.7 Å². The van der Waals surface area contributed by atoms with Crippen LogP contribution in [0.1, 0.15) is 77.0 Å². The molecule has 0 bridgehead atoms. The Labute approximate surface area is 198 Å². The lowest BCUT2D eigenvalue weighted by Gasteiger charge is -2.36. The summed E-state index contributed by atoms with van der Waals surface area (Å²) in [4.78, 5) is 11.5. The number of hydrogen-bond donors (Lipinski definition) is 0. The smallest absolute Gasteiger partial charge is 0.416 e. The lowest BCUT2D eigenvalue weighted by molar-refractivity contribution is -0.138. The minimum atomic E-state index is -4.38. The fourth-order valence-corrected chi connectivity index (χ4v) is 3.01. The Balaban J connectivity index is 0.000000824. The van der Waals surface area contributed by atoms with Gasteiger partial charge in [0.25, 0.3) is 0 Å². The first-order valence-electron chi connectivity index (χ1n) is 11.0. The molecule has 0 unspecified atom stereocenters. The van der Waals surface area contributed by atoms with Crippen LogP contribution >= 0.6 is 0 Å². The number of halogens is 6. The molecule has 194 valence electrons. The Morgan fingerprint density at radius 2 is 1.59 bits per heavy atom. The summed E-state index contributed by atoms with van der Waals surface area (Å²) in [6.07, 6.45) is -1.71. The standard InChI is InChI=1S/C16H19F6N.C6H10.C3H6O2/c17-15(18,19)9-3-11-23-10-2-1-4-14(23)12-5-7-13(8-6-12)16(20,21)22;1-5-6(2,3)4;1-3(4)5-2/h5-8,14H,1-4,9-11H2;1H,2-4H3;1-2H3/t14-;;/m0../s1. The molecule has 1 fully saturated rings. The van der Waals surface area contributed by atoms with E-state index in [1.165, 1.54) is 26.2 Å². The van der Waals surface area contributed by atoms with E-state index in [9.17, 15) is 31.1 Å². The van der Waals surface area contributed by atoms with E-state index in [-0.39, 0.29) is 23.8 Å². The van der Waals surface area contributed by atoms with Crippen molar-refractivity contribution in [2.45, 2.75) is 78.2 Å². The van der Waals surface area contributed by atoms with E-state index >= 15 is 0 Å². The maximum Gasteiger partial charge on any atom is 0.416 e. The van der Waals surface area contributed by atoms with Gasteiger partial charge in [0, 0.05) is 24.8 Å². The third-order valence-corrected chi connectivity index (χ3v) is 4.86. The zero-order chi connectivity index (χ0) is 26.6. The normalized spacial score (nSPS) is 16.8. The number of esters is 1. The van der Waals surface area contributed by atoms with E-state index in [0.717, 1.165) is 37.0 Å². The van der Waals surface area contributed by atoms with Crippen molar-refractivity contribution in [2.24, 2.45) is 5.41 Å². The van der Waals surface area contributed by atoms with Crippen LogP contribution in [0.2, 0.25) is 0 Å². The Morgan fingerprint density at radius 3 is 1.97 bits per heavy atom. The lowest BCUT2D eigenvalue weighted by atomic mass is 9.94. The van der Waals surface area contributed by atoms with Crippen molar-refractivity contribution in [3.63, 3.8) is 0 Å². The second kappa shape index (κ2) is 14.2. The highest BCUT2D eigenvalue weighted by atomic mass is 19.4. The van der Waals surface area contributed by atoms with Gasteiger partial charge in [0.1, 0.15) is 0 Å². The molecule has 1 aliphatic heterocycles. The summed E-state index contributed by atoms with van der Waals surface area (Å²) < 4.78 is 78.7. The molecule has 0 aromatic heterocycles. The number of methoxy groups -OCH3 is 1. The van der Waals surface area contributed by atoms with Gasteiger partial charge >= 0.3 is 18.3 Å². The van der Waals surface area contributed by atoms with Gasteiger partial charge < -0.3 is 4.74 Å². The number of likely N-dealkylation sites (tertiary alicyclic amines) is 1. The molecule has 0 aliphatic carbocycles. The van der Waals surface area contributed by atoms with Crippen LogP contribution in [0.5, 0.6) is 0 Å². The maximum atomic E-state index is 12.6. The van der Waals surface area contributed by atoms with Gasteiger partial charge in [0.05, 0.1) is 12.7 Å². The number of carbonyl (C=O) groups is 1. The van der Waals surface area contributed by atoms with Gasteiger partial charge in [-0.1, -0.05) is 18.6 Å². The van der Waals surface area contributed by atoms with Crippen molar-refractivity contribution in [1.82, 2.24) is 4.90 Å². The highest BCUT2D eigenvalue weighted by Gasteiger charge is 2.31. The molecule has 0 amide bonds. The van der Waals surface area contributed by atoms with Crippen LogP contribution in [0.15, 0.2) is 24.3 Å². The molecule has 2 rings (SSSR count). The minimum absolute atomic E-state index is 0.0145. The van der Waals surface area contributed by atoms with E-state index in [4.69, 9.17) is 6.42 Å². The molecule has 1 heterocycles. The predicted octanol–water partition coefficient (Wildman–Crippen LogP) is 7.42. The van der Waals surface area contributed by atoms with Gasteiger partial charge in [-0.05, 0) is 70.8 Å². The highest BCUT2D eigenvalue weighted by Crippen LogP contribution is 2.34. The molecule has 1 aliphatic rings. The molecule has 1 aromatic rings. The molecule has 1 saturated heterocycles. The molecular weight excluding hydrogens is 460 g/mol. The van der Waals surface area contributed by atoms with Crippen LogP contribution in [0.3, 0.4) is 0 Å². The third kappa shape index (κ3) is 14.8. The summed E-state index contributed by atoms with van der Waals surface area (Å²) >= 11 is 0. The summed E-state index contributed by atoms with van der Waals surface area (Å²) in [5.74, 6) is 2.36. The summed E-state index contributed by atoms with van der Waals surface area (Å²) in [5, 5.41) is 0. The Kier molecular flexibility index (Phi) is 13.3. The van der Waals surface area contributed by atoms with E-state index in [1.54, 1.807) is 0 Å². The number of ether oxygens (including phenoxy) is 1. The topological polar surface area (TPSA) is 29.5 Å². The van der Waals surface area contributed by atoms with Gasteiger partial charge in [-0.2, -0.15) is 26.3 Å². The van der Waals surface area contributed by atoms with E-state index in [0.29, 0.717) is 13.1 Å². The monoisotopic (exact) mass is 495 g/mol. The van der Waals surface area contributed by atoms with Crippen molar-refractivity contribution >= 4 is 5.97 Å². The molecule has 1 atom stereocenters. The van der Waals surface area contributed by atoms with Crippen molar-refractivity contribution in [3.05, 3.63) is 35.4 Å². The van der Waals surface area contributed by atoms with Gasteiger partial charge in [0.15, 0.2) is 0 Å². The summed E-state index contributed by atoms with van der Waals surface area (Å²) in [5.41, 5.74) is 0.102. The quantitative estimate of drug-likeness (QED) is 0.247. The summed E-state index contributed by atoms with van der Waals surface area (Å²) in [6.45, 7) is 8.38. The van der Waals surface area contributed by atoms with Crippen LogP contribution in [0.25, 0.3) is 0 Å². The third-order valence-electron chi connectivity index (χ3n) is 4.86. The van der Waals surface area contributed by atoms with Gasteiger partial charge in [-0.3, -0.25) is 9.69 Å². The molecule has 0 N–H and O–H groups in total. The van der Waals surface area contributed by atoms with Crippen molar-refractivity contribution in [1.29, 1.82) is 0 Å². The Morgan fingerprint density at radius 1 is 1.09 bits per heavy atom. The molecule has 0 saturated carbocycles. The number of benzene rings is 1. The van der Waals surface area contributed by atoms with Crippen LogP contribution in [0.4, 0.5) is 26.3 Å². The first kappa shape index (κ1) is 31.8. The van der Waals surface area contributed by atoms with Crippen LogP contribution in [0, 0.1) is 17.8 Å². The number of carbonyl (C=O) groups excluding carboxylic acids is 1. The number of terminal acetylenes is 1. The Bertz CT molecular complexity index is 758. The van der Waals surface area contributed by atoms with Gasteiger partial charge in [0.2, 0.25) is 0 Å². The first-order chi connectivity index (χ1) is 15.5. The second-order valence-corrected chi connectivity index (χ2v) is 8.98. The number of alkyl halides is 6. The van der Waals surface area contributed by atoms with Crippen molar-refractivity contribution < 1.29 is 35.9 Å². The van der Waals surface area contributed by atoms with E-state index < -0.39 is 24.3 Å². The molecule has 34 heavy (non-hydrogen) atoms. The molecule has 0 spiro atoms. The minimum Gasteiger partial charge on any atom is -0.469 e. The van der Waals surface area contributed by atoms with Crippen LogP contribution < -0.4 is 0 Å². The SMILES string of the molecule is C#CC(C)(C)C.COC(C)=O.FC(F)(F)CCCN1CCCC[C@H]1c1ccc(C(F)(F)F)cc1. The predicted molar refractivity (Wildman–Crippen MR) is 121 cm³/mol. The molecule has 3 nitrogen and oxygen atoms in total. The molecule has 9 heteroatoms. The average molecular weight is 496 g/mol. The summed E-state index contributed by atoms with van der Waals surface area (Å²) in [6, 6.07) is 4.86. The zero-order valence-corrected chi connectivity index (χ0v) is 20.4. The van der Waals surface area contributed by atoms with E-state index in [1.807, 2.05) is 25.7 Å². The van der Waals surface area contributed by atoms with Crippen molar-refractivity contribution in [3.8, 4) is 12.3 Å². The zero-order valence-electron chi connectivity index (χ0n) is 20.4. The first-order valence-corrected chi connectivity index (χ1v) is 11.0. The molecule has 0 radical (unpaired) electrons. The molecular formula is C25H35F6NO2. The average Bonchev–Trinajstić information content (AvgIpc) is 2.73. The number of hydrogen-bond acceptors (Lipinski definition) is 3. The Hall–Kier alpha value is -2.21. The van der Waals surface area contributed by atoms with Gasteiger partial charge in [-0.25, -0.2) is 0 Å². The van der Waals surface area contributed by atoms with E-state index in [2.05, 4.69) is 10.7 Å². The summed E-state index contributed by atoms with van der Waals surface area (Å²) in [7, 11) is 1.35. The number of nitrogens with zero attached hydrogens (tertiary/aromatic N) is 1. The highest BCUT2D eigenvalue weighted by molar-refractivity contribution is 5.65. The van der Waals surface area contributed by atoms with Gasteiger partial charge in [-0.15, -0.1) is 12.3 Å². The lowest BCUT2D eigenvalue weighted by Crippen LogP contribution is -2.34. The number of piperidine rings is 1. The maximum absolute atomic E-state index is 12.6. The largest absolute Gasteiger partial charge is 0.469 e. The number of rotatable bonds is 4.